The highest BCUT2D eigenvalue weighted by Crippen LogP contribution is 2.30. The molecule has 1 amide bonds. The predicted octanol–water partition coefficient (Wildman–Crippen LogP) is 1.30. The van der Waals surface area contributed by atoms with E-state index in [-0.39, 0.29) is 11.8 Å². The van der Waals surface area contributed by atoms with Crippen LogP contribution in [0, 0.1) is 0 Å². The van der Waals surface area contributed by atoms with Crippen molar-refractivity contribution in [2.75, 3.05) is 20.1 Å². The lowest BCUT2D eigenvalue weighted by atomic mass is 9.89. The molecule has 86 valence electrons. The first-order chi connectivity index (χ1) is 7.59. The number of carbonyl (C=O) groups excluding carboxylic acids is 1. The summed E-state index contributed by atoms with van der Waals surface area (Å²) in [5.74, 6) is 0.0464. The van der Waals surface area contributed by atoms with Crippen LogP contribution in [0.4, 0.5) is 0 Å². The number of benzene rings is 1. The molecule has 1 aliphatic heterocycles. The lowest BCUT2D eigenvalue weighted by molar-refractivity contribution is -0.119. The van der Waals surface area contributed by atoms with Crippen LogP contribution in [0.2, 0.25) is 0 Å². The monoisotopic (exact) mass is 218 g/mol. The summed E-state index contributed by atoms with van der Waals surface area (Å²) in [5, 5.41) is 0. The average molecular weight is 218 g/mol. The first kappa shape index (κ1) is 11.1. The van der Waals surface area contributed by atoms with Crippen LogP contribution in [0.15, 0.2) is 24.3 Å². The van der Waals surface area contributed by atoms with Gasteiger partial charge in [0.1, 0.15) is 0 Å². The van der Waals surface area contributed by atoms with E-state index in [9.17, 15) is 4.79 Å². The number of carbonyl (C=O) groups is 1. The molecule has 0 saturated carbocycles. The first-order valence-corrected chi connectivity index (χ1v) is 5.66. The Bertz CT molecular complexity index is 403. The maximum atomic E-state index is 11.5. The summed E-state index contributed by atoms with van der Waals surface area (Å²) in [6, 6.07) is 8.14. The van der Waals surface area contributed by atoms with Gasteiger partial charge in [-0.1, -0.05) is 31.2 Å². The summed E-state index contributed by atoms with van der Waals surface area (Å²) in [5.41, 5.74) is 7.86. The number of likely N-dealkylation sites (N-methyl/N-ethyl adjacent to an activating group) is 1. The van der Waals surface area contributed by atoms with E-state index in [0.717, 1.165) is 18.7 Å². The van der Waals surface area contributed by atoms with Crippen molar-refractivity contribution < 1.29 is 4.79 Å². The fourth-order valence-corrected chi connectivity index (χ4v) is 2.57. The Labute approximate surface area is 96.2 Å². The van der Waals surface area contributed by atoms with E-state index >= 15 is 0 Å². The molecule has 3 heteroatoms. The third kappa shape index (κ3) is 1.95. The lowest BCUT2D eigenvalue weighted by Crippen LogP contribution is -2.31. The molecular formula is C13H18N2O. The highest BCUT2D eigenvalue weighted by atomic mass is 16.1. The van der Waals surface area contributed by atoms with Crippen molar-refractivity contribution in [1.82, 2.24) is 4.90 Å². The van der Waals surface area contributed by atoms with E-state index in [1.165, 1.54) is 5.56 Å². The van der Waals surface area contributed by atoms with Gasteiger partial charge in [0.25, 0.3) is 0 Å². The zero-order valence-corrected chi connectivity index (χ0v) is 9.81. The van der Waals surface area contributed by atoms with E-state index in [1.54, 1.807) is 0 Å². The van der Waals surface area contributed by atoms with Crippen molar-refractivity contribution in [1.29, 1.82) is 0 Å². The molecule has 0 aromatic heterocycles. The van der Waals surface area contributed by atoms with Crippen LogP contribution in [0.3, 0.4) is 0 Å². The Morgan fingerprint density at radius 3 is 2.56 bits per heavy atom. The van der Waals surface area contributed by atoms with Gasteiger partial charge in [0.05, 0.1) is 5.92 Å². The zero-order valence-electron chi connectivity index (χ0n) is 9.81. The van der Waals surface area contributed by atoms with E-state index in [0.29, 0.717) is 5.92 Å². The Hall–Kier alpha value is -1.35. The molecular weight excluding hydrogens is 200 g/mol. The van der Waals surface area contributed by atoms with Gasteiger partial charge >= 0.3 is 0 Å². The molecule has 0 aliphatic carbocycles. The van der Waals surface area contributed by atoms with Gasteiger partial charge < -0.3 is 10.6 Å². The normalized spacial score (nSPS) is 25.9. The highest BCUT2D eigenvalue weighted by molar-refractivity contribution is 5.82. The van der Waals surface area contributed by atoms with Crippen LogP contribution in [-0.4, -0.2) is 30.9 Å². The summed E-state index contributed by atoms with van der Waals surface area (Å²) in [4.78, 5) is 13.7. The molecule has 3 nitrogen and oxygen atoms in total. The van der Waals surface area contributed by atoms with Crippen LogP contribution in [-0.2, 0) is 4.79 Å². The fraction of sp³-hybridized carbons (Fsp3) is 0.462. The minimum absolute atomic E-state index is 0.175. The molecule has 2 rings (SSSR count). The number of amides is 1. The van der Waals surface area contributed by atoms with E-state index in [4.69, 9.17) is 5.73 Å². The number of hydrogen-bond donors (Lipinski definition) is 1. The zero-order chi connectivity index (χ0) is 11.7. The third-order valence-corrected chi connectivity index (χ3v) is 3.33. The van der Waals surface area contributed by atoms with Crippen molar-refractivity contribution in [2.45, 2.75) is 18.8 Å². The van der Waals surface area contributed by atoms with Crippen molar-refractivity contribution in [3.8, 4) is 0 Å². The highest BCUT2D eigenvalue weighted by Gasteiger charge is 2.28. The number of hydrogen-bond acceptors (Lipinski definition) is 2. The average Bonchev–Trinajstić information content (AvgIpc) is 2.37. The van der Waals surface area contributed by atoms with E-state index < -0.39 is 0 Å². The molecule has 1 heterocycles. The summed E-state index contributed by atoms with van der Waals surface area (Å²) < 4.78 is 0. The number of primary amides is 1. The SMILES string of the molecule is CC1CN(C)CC(C(N)=O)c2ccccc21. The topological polar surface area (TPSA) is 46.3 Å². The summed E-state index contributed by atoms with van der Waals surface area (Å²) in [7, 11) is 2.04. The van der Waals surface area contributed by atoms with Crippen molar-refractivity contribution in [2.24, 2.45) is 5.73 Å². The van der Waals surface area contributed by atoms with Gasteiger partial charge in [-0.05, 0) is 24.1 Å². The minimum atomic E-state index is -0.228. The molecule has 0 fully saturated rings. The molecule has 2 unspecified atom stereocenters. The standard InChI is InChI=1S/C13H18N2O/c1-9-7-15(2)8-12(13(14)16)11-6-4-3-5-10(9)11/h3-6,9,12H,7-8H2,1-2H3,(H2,14,16). The Kier molecular flexibility index (Phi) is 2.97. The molecule has 1 aliphatic rings. The molecule has 0 radical (unpaired) electrons. The quantitative estimate of drug-likeness (QED) is 0.772. The minimum Gasteiger partial charge on any atom is -0.369 e. The number of nitrogens with two attached hydrogens (primary N) is 1. The van der Waals surface area contributed by atoms with Gasteiger partial charge in [0, 0.05) is 13.1 Å². The number of nitrogens with zero attached hydrogens (tertiary/aromatic N) is 1. The second-order valence-corrected chi connectivity index (χ2v) is 4.71. The lowest BCUT2D eigenvalue weighted by Gasteiger charge is -2.18. The Morgan fingerprint density at radius 1 is 1.31 bits per heavy atom. The molecule has 2 N–H and O–H groups in total. The van der Waals surface area contributed by atoms with Crippen molar-refractivity contribution >= 4 is 5.91 Å². The molecule has 0 bridgehead atoms. The van der Waals surface area contributed by atoms with Gasteiger partial charge in [0.15, 0.2) is 0 Å². The molecule has 0 spiro atoms. The fourth-order valence-electron chi connectivity index (χ4n) is 2.57. The predicted molar refractivity (Wildman–Crippen MR) is 64.3 cm³/mol. The van der Waals surface area contributed by atoms with E-state index in [2.05, 4.69) is 17.9 Å². The van der Waals surface area contributed by atoms with Crippen molar-refractivity contribution in [3.05, 3.63) is 35.4 Å². The smallest absolute Gasteiger partial charge is 0.226 e. The second kappa shape index (κ2) is 4.26. The van der Waals surface area contributed by atoms with Crippen LogP contribution in [0.5, 0.6) is 0 Å². The van der Waals surface area contributed by atoms with Gasteiger partial charge in [0.2, 0.25) is 5.91 Å². The van der Waals surface area contributed by atoms with E-state index in [1.807, 2.05) is 25.2 Å². The van der Waals surface area contributed by atoms with Crippen LogP contribution in [0.1, 0.15) is 29.9 Å². The first-order valence-electron chi connectivity index (χ1n) is 5.66. The second-order valence-electron chi connectivity index (χ2n) is 4.71. The van der Waals surface area contributed by atoms with Crippen LogP contribution < -0.4 is 5.73 Å². The number of rotatable bonds is 1. The van der Waals surface area contributed by atoms with Gasteiger partial charge in [-0.25, -0.2) is 0 Å². The third-order valence-electron chi connectivity index (χ3n) is 3.33. The summed E-state index contributed by atoms with van der Waals surface area (Å²) in [6.07, 6.45) is 0. The molecule has 1 aromatic rings. The van der Waals surface area contributed by atoms with Crippen molar-refractivity contribution in [3.63, 3.8) is 0 Å². The molecule has 16 heavy (non-hydrogen) atoms. The van der Waals surface area contributed by atoms with Gasteiger partial charge in [-0.15, -0.1) is 0 Å². The maximum Gasteiger partial charge on any atom is 0.226 e. The summed E-state index contributed by atoms with van der Waals surface area (Å²) in [6.45, 7) is 3.89. The number of fused-ring (bicyclic) bond motifs is 1. The van der Waals surface area contributed by atoms with Gasteiger partial charge in [-0.2, -0.15) is 0 Å². The van der Waals surface area contributed by atoms with Crippen LogP contribution >= 0.6 is 0 Å². The van der Waals surface area contributed by atoms with Crippen LogP contribution in [0.25, 0.3) is 0 Å². The van der Waals surface area contributed by atoms with Gasteiger partial charge in [-0.3, -0.25) is 4.79 Å². The summed E-state index contributed by atoms with van der Waals surface area (Å²) >= 11 is 0. The Morgan fingerprint density at radius 2 is 1.94 bits per heavy atom. The molecule has 2 atom stereocenters. The molecule has 1 aromatic carbocycles. The Balaban J connectivity index is 2.48. The maximum absolute atomic E-state index is 11.5. The molecule has 0 saturated heterocycles. The largest absolute Gasteiger partial charge is 0.369 e.